The number of carbonyl (C=O) groups excluding carboxylic acids is 1. The van der Waals surface area contributed by atoms with Crippen LogP contribution in [0.4, 0.5) is 10.5 Å². The fraction of sp³-hybridized carbons (Fsp3) is 0.333. The maximum atomic E-state index is 13.2. The Morgan fingerprint density at radius 3 is 2.76 bits per heavy atom. The molecular formula is C24H27ClN4O4. The predicted molar refractivity (Wildman–Crippen MR) is 129 cm³/mol. The second-order valence-electron chi connectivity index (χ2n) is 7.86. The summed E-state index contributed by atoms with van der Waals surface area (Å²) in [5, 5.41) is 4.19. The summed E-state index contributed by atoms with van der Waals surface area (Å²) in [5.41, 5.74) is 1.48. The Kier molecular flexibility index (Phi) is 7.49. The highest BCUT2D eigenvalue weighted by molar-refractivity contribution is 6.33. The number of aromatic amines is 1. The monoisotopic (exact) mass is 470 g/mol. The van der Waals surface area contributed by atoms with E-state index in [-0.39, 0.29) is 18.1 Å². The number of nitrogens with one attached hydrogen (secondary N) is 2. The van der Waals surface area contributed by atoms with E-state index in [2.05, 4.69) is 15.2 Å². The van der Waals surface area contributed by atoms with Gasteiger partial charge in [-0.3, -0.25) is 9.69 Å². The van der Waals surface area contributed by atoms with E-state index in [4.69, 9.17) is 21.1 Å². The molecular weight excluding hydrogens is 444 g/mol. The molecule has 0 spiro atoms. The Morgan fingerprint density at radius 1 is 1.21 bits per heavy atom. The lowest BCUT2D eigenvalue weighted by Crippen LogP contribution is -2.44. The van der Waals surface area contributed by atoms with Gasteiger partial charge in [-0.25, -0.2) is 4.79 Å². The first-order valence-corrected chi connectivity index (χ1v) is 11.2. The van der Waals surface area contributed by atoms with Gasteiger partial charge in [0.15, 0.2) is 0 Å². The number of pyridine rings is 1. The van der Waals surface area contributed by atoms with Crippen molar-refractivity contribution in [3.63, 3.8) is 0 Å². The molecule has 2 heterocycles. The number of methoxy groups -OCH3 is 1. The van der Waals surface area contributed by atoms with Crippen molar-refractivity contribution < 1.29 is 14.3 Å². The summed E-state index contributed by atoms with van der Waals surface area (Å²) in [6.45, 7) is 4.30. The largest absolute Gasteiger partial charge is 0.497 e. The highest BCUT2D eigenvalue weighted by Gasteiger charge is 2.19. The van der Waals surface area contributed by atoms with Gasteiger partial charge in [-0.1, -0.05) is 23.7 Å². The molecule has 0 saturated carbocycles. The number of carbonyl (C=O) groups is 1. The summed E-state index contributed by atoms with van der Waals surface area (Å²) >= 11 is 6.23. The number of hydrogen-bond acceptors (Lipinski definition) is 5. The minimum absolute atomic E-state index is 0.165. The average molecular weight is 471 g/mol. The molecule has 1 aromatic heterocycles. The first-order chi connectivity index (χ1) is 16.0. The number of amides is 2. The molecule has 0 radical (unpaired) electrons. The van der Waals surface area contributed by atoms with Crippen LogP contribution in [0.15, 0.2) is 53.3 Å². The van der Waals surface area contributed by atoms with E-state index < -0.39 is 0 Å². The van der Waals surface area contributed by atoms with Gasteiger partial charge in [0, 0.05) is 37.8 Å². The van der Waals surface area contributed by atoms with Crippen molar-refractivity contribution in [2.45, 2.75) is 6.54 Å². The number of H-pyrrole nitrogens is 1. The van der Waals surface area contributed by atoms with Gasteiger partial charge >= 0.3 is 6.03 Å². The SMILES string of the molecule is COc1ccc2cc(CN(CCN3CCOCC3)C(=O)Nc3ccccc3Cl)c(=O)[nH]c2c1. The van der Waals surface area contributed by atoms with Gasteiger partial charge in [0.2, 0.25) is 0 Å². The molecule has 2 aromatic carbocycles. The first kappa shape index (κ1) is 23.1. The molecule has 8 nitrogen and oxygen atoms in total. The van der Waals surface area contributed by atoms with E-state index in [0.717, 1.165) is 18.5 Å². The van der Waals surface area contributed by atoms with Crippen LogP contribution in [0.5, 0.6) is 5.75 Å². The zero-order valence-electron chi connectivity index (χ0n) is 18.5. The fourth-order valence-corrected chi connectivity index (χ4v) is 3.95. The third-order valence-corrected chi connectivity index (χ3v) is 6.01. The third kappa shape index (κ3) is 5.84. The molecule has 1 aliphatic rings. The van der Waals surface area contributed by atoms with Crippen LogP contribution in [0.25, 0.3) is 10.9 Å². The topological polar surface area (TPSA) is 86.9 Å². The minimum Gasteiger partial charge on any atom is -0.497 e. The van der Waals surface area contributed by atoms with Crippen LogP contribution < -0.4 is 15.6 Å². The summed E-state index contributed by atoms with van der Waals surface area (Å²) in [7, 11) is 1.58. The molecule has 0 bridgehead atoms. The van der Waals surface area contributed by atoms with Crippen LogP contribution in [0.2, 0.25) is 5.02 Å². The normalized spacial score (nSPS) is 14.2. The lowest BCUT2D eigenvalue weighted by Gasteiger charge is -2.30. The van der Waals surface area contributed by atoms with Gasteiger partial charge in [-0.05, 0) is 35.7 Å². The number of anilines is 1. The Bertz CT molecular complexity index is 1180. The molecule has 2 amide bonds. The number of benzene rings is 2. The van der Waals surface area contributed by atoms with Gasteiger partial charge in [0.25, 0.3) is 5.56 Å². The van der Waals surface area contributed by atoms with Crippen molar-refractivity contribution in [2.75, 3.05) is 51.8 Å². The maximum absolute atomic E-state index is 13.2. The third-order valence-electron chi connectivity index (χ3n) is 5.68. The lowest BCUT2D eigenvalue weighted by molar-refractivity contribution is 0.0349. The fourth-order valence-electron chi connectivity index (χ4n) is 3.77. The van der Waals surface area contributed by atoms with Crippen LogP contribution in [0.3, 0.4) is 0 Å². The number of fused-ring (bicyclic) bond motifs is 1. The molecule has 33 heavy (non-hydrogen) atoms. The van der Waals surface area contributed by atoms with Crippen LogP contribution in [0.1, 0.15) is 5.56 Å². The molecule has 174 valence electrons. The van der Waals surface area contributed by atoms with E-state index in [9.17, 15) is 9.59 Å². The van der Waals surface area contributed by atoms with E-state index in [1.807, 2.05) is 24.3 Å². The predicted octanol–water partition coefficient (Wildman–Crippen LogP) is 3.56. The number of ether oxygens (including phenoxy) is 2. The molecule has 0 atom stereocenters. The number of urea groups is 1. The average Bonchev–Trinajstić information content (AvgIpc) is 2.83. The zero-order valence-corrected chi connectivity index (χ0v) is 19.2. The van der Waals surface area contributed by atoms with E-state index in [0.29, 0.717) is 53.8 Å². The zero-order chi connectivity index (χ0) is 23.2. The van der Waals surface area contributed by atoms with Crippen molar-refractivity contribution in [3.05, 3.63) is 69.5 Å². The van der Waals surface area contributed by atoms with Crippen molar-refractivity contribution in [3.8, 4) is 5.75 Å². The van der Waals surface area contributed by atoms with Crippen molar-refractivity contribution in [2.24, 2.45) is 0 Å². The Hall–Kier alpha value is -3.07. The number of morpholine rings is 1. The molecule has 3 aromatic rings. The van der Waals surface area contributed by atoms with Crippen LogP contribution >= 0.6 is 11.6 Å². The first-order valence-electron chi connectivity index (χ1n) is 10.8. The van der Waals surface area contributed by atoms with Crippen LogP contribution in [0, 0.1) is 0 Å². The van der Waals surface area contributed by atoms with Gasteiger partial charge in [-0.2, -0.15) is 0 Å². The Morgan fingerprint density at radius 2 is 2.00 bits per heavy atom. The van der Waals surface area contributed by atoms with Gasteiger partial charge in [0.1, 0.15) is 5.75 Å². The van der Waals surface area contributed by atoms with E-state index in [1.165, 1.54) is 0 Å². The molecule has 1 aliphatic heterocycles. The van der Waals surface area contributed by atoms with Gasteiger partial charge < -0.3 is 24.7 Å². The van der Waals surface area contributed by atoms with E-state index in [1.54, 1.807) is 36.3 Å². The minimum atomic E-state index is -0.314. The summed E-state index contributed by atoms with van der Waals surface area (Å²) in [6.07, 6.45) is 0. The maximum Gasteiger partial charge on any atom is 0.322 e. The van der Waals surface area contributed by atoms with Crippen molar-refractivity contribution >= 4 is 34.2 Å². The Labute approximate surface area is 197 Å². The molecule has 0 unspecified atom stereocenters. The quantitative estimate of drug-likeness (QED) is 0.551. The summed E-state index contributed by atoms with van der Waals surface area (Å²) in [4.78, 5) is 32.8. The highest BCUT2D eigenvalue weighted by Crippen LogP contribution is 2.22. The van der Waals surface area contributed by atoms with Crippen molar-refractivity contribution in [1.82, 2.24) is 14.8 Å². The van der Waals surface area contributed by atoms with Gasteiger partial charge in [0.05, 0.1) is 43.1 Å². The molecule has 9 heteroatoms. The second-order valence-corrected chi connectivity index (χ2v) is 8.27. The summed E-state index contributed by atoms with van der Waals surface area (Å²) in [5.74, 6) is 0.664. The number of hydrogen-bond donors (Lipinski definition) is 2. The standard InChI is InChI=1S/C24H27ClN4O4/c1-32-19-7-6-17-14-18(23(30)26-22(17)15-19)16-29(9-8-28-10-12-33-13-11-28)24(31)27-21-5-3-2-4-20(21)25/h2-7,14-15H,8-13,16H2,1H3,(H,26,30)(H,27,31). The smallest absolute Gasteiger partial charge is 0.322 e. The second kappa shape index (κ2) is 10.7. The van der Waals surface area contributed by atoms with Crippen molar-refractivity contribution in [1.29, 1.82) is 0 Å². The molecule has 1 saturated heterocycles. The summed E-state index contributed by atoms with van der Waals surface area (Å²) < 4.78 is 10.6. The molecule has 1 fully saturated rings. The molecule has 0 aliphatic carbocycles. The highest BCUT2D eigenvalue weighted by atomic mass is 35.5. The number of nitrogens with zero attached hydrogens (tertiary/aromatic N) is 2. The number of aromatic nitrogens is 1. The number of halogens is 1. The van der Waals surface area contributed by atoms with Crippen LogP contribution in [-0.4, -0.2) is 67.3 Å². The van der Waals surface area contributed by atoms with Gasteiger partial charge in [-0.15, -0.1) is 0 Å². The Balaban J connectivity index is 1.56. The number of rotatable bonds is 7. The number of para-hydroxylation sites is 1. The molecule has 2 N–H and O–H groups in total. The van der Waals surface area contributed by atoms with Crippen LogP contribution in [-0.2, 0) is 11.3 Å². The lowest BCUT2D eigenvalue weighted by atomic mass is 10.1. The summed E-state index contributed by atoms with van der Waals surface area (Å²) in [6, 6.07) is 14.1. The molecule has 4 rings (SSSR count). The van der Waals surface area contributed by atoms with E-state index >= 15 is 0 Å².